The third kappa shape index (κ3) is 3.03. The van der Waals surface area contributed by atoms with Crippen LogP contribution in [-0.4, -0.2) is 20.7 Å². The van der Waals surface area contributed by atoms with Gasteiger partial charge in [0.1, 0.15) is 11.5 Å². The maximum atomic E-state index is 13.7. The van der Waals surface area contributed by atoms with Crippen LogP contribution < -0.4 is 10.9 Å². The van der Waals surface area contributed by atoms with Crippen LogP contribution in [0.5, 0.6) is 0 Å². The second-order valence-corrected chi connectivity index (χ2v) is 4.98. The van der Waals surface area contributed by atoms with Gasteiger partial charge in [-0.1, -0.05) is 12.1 Å². The summed E-state index contributed by atoms with van der Waals surface area (Å²) in [5.74, 6) is -0.835. The quantitative estimate of drug-likeness (QED) is 0.778. The van der Waals surface area contributed by atoms with Crippen LogP contribution in [0.3, 0.4) is 0 Å². The van der Waals surface area contributed by atoms with Gasteiger partial charge in [0.15, 0.2) is 0 Å². The third-order valence-electron chi connectivity index (χ3n) is 3.29. The lowest BCUT2D eigenvalue weighted by Crippen LogP contribution is -2.14. The molecule has 3 aromatic rings. The van der Waals surface area contributed by atoms with Gasteiger partial charge in [0.2, 0.25) is 0 Å². The molecule has 2 N–H and O–H groups in total. The highest BCUT2D eigenvalue weighted by molar-refractivity contribution is 6.03. The molecule has 0 radical (unpaired) electrons. The van der Waals surface area contributed by atoms with Crippen molar-refractivity contribution in [3.05, 3.63) is 76.2 Å². The number of rotatable bonds is 3. The van der Waals surface area contributed by atoms with Crippen molar-refractivity contribution in [2.24, 2.45) is 0 Å². The molecule has 0 unspecified atom stereocenters. The fraction of sp³-hybridized carbons (Fsp3) is 0.0625. The number of aryl methyl sites for hydroxylation is 1. The van der Waals surface area contributed by atoms with E-state index in [-0.39, 0.29) is 16.8 Å². The number of amides is 1. The zero-order valence-electron chi connectivity index (χ0n) is 12.2. The molecule has 0 aliphatic heterocycles. The lowest BCUT2D eigenvalue weighted by molar-refractivity contribution is 0.102. The number of aromatic nitrogens is 3. The Balaban J connectivity index is 1.82. The molecule has 0 saturated carbocycles. The maximum Gasteiger partial charge on any atom is 0.258 e. The van der Waals surface area contributed by atoms with E-state index in [1.165, 1.54) is 29.3 Å². The maximum absolute atomic E-state index is 13.7. The highest BCUT2D eigenvalue weighted by Crippen LogP contribution is 2.13. The van der Waals surface area contributed by atoms with E-state index >= 15 is 0 Å². The van der Waals surface area contributed by atoms with Crippen LogP contribution in [0.1, 0.15) is 15.9 Å². The van der Waals surface area contributed by atoms with E-state index in [1.54, 1.807) is 31.2 Å². The van der Waals surface area contributed by atoms with Crippen LogP contribution in [0, 0.1) is 12.7 Å². The second kappa shape index (κ2) is 5.88. The molecule has 0 spiro atoms. The number of aromatic amines is 1. The van der Waals surface area contributed by atoms with Gasteiger partial charge in [0.25, 0.3) is 11.5 Å². The number of benzene rings is 1. The van der Waals surface area contributed by atoms with Crippen molar-refractivity contribution in [2.45, 2.75) is 6.92 Å². The number of hydrogen-bond acceptors (Lipinski definition) is 3. The van der Waals surface area contributed by atoms with Crippen LogP contribution in [0.4, 0.5) is 10.1 Å². The minimum absolute atomic E-state index is 0.213. The van der Waals surface area contributed by atoms with Crippen molar-refractivity contribution in [2.75, 3.05) is 5.32 Å². The van der Waals surface area contributed by atoms with E-state index in [9.17, 15) is 14.0 Å². The Hall–Kier alpha value is -3.22. The second-order valence-electron chi connectivity index (χ2n) is 4.98. The minimum atomic E-state index is -0.432. The van der Waals surface area contributed by atoms with Crippen molar-refractivity contribution < 1.29 is 9.18 Å². The standard InChI is InChI=1S/C16H13FN4O2/c1-10-6-12(8-18-15(10)22)20-16(23)11-7-19-21(9-11)14-5-3-2-4-13(14)17/h2-9H,1H3,(H,18,22)(H,20,23). The van der Waals surface area contributed by atoms with Gasteiger partial charge in [-0.25, -0.2) is 9.07 Å². The summed E-state index contributed by atoms with van der Waals surface area (Å²) in [5, 5.41) is 6.65. The van der Waals surface area contributed by atoms with Gasteiger partial charge in [-0.05, 0) is 25.1 Å². The molecule has 0 atom stereocenters. The summed E-state index contributed by atoms with van der Waals surface area (Å²) in [6.07, 6.45) is 4.20. The summed E-state index contributed by atoms with van der Waals surface area (Å²) in [6.45, 7) is 1.64. The van der Waals surface area contributed by atoms with Gasteiger partial charge in [-0.2, -0.15) is 5.10 Å². The number of carbonyl (C=O) groups is 1. The van der Waals surface area contributed by atoms with Crippen molar-refractivity contribution in [3.63, 3.8) is 0 Å². The number of para-hydroxylation sites is 1. The zero-order valence-corrected chi connectivity index (χ0v) is 12.2. The SMILES string of the molecule is Cc1cc(NC(=O)c2cnn(-c3ccccc3F)c2)c[nH]c1=O. The summed E-state index contributed by atoms with van der Waals surface area (Å²) in [7, 11) is 0. The molecule has 0 bridgehead atoms. The largest absolute Gasteiger partial charge is 0.327 e. The number of anilines is 1. The summed E-state index contributed by atoms with van der Waals surface area (Å²) < 4.78 is 15.0. The van der Waals surface area contributed by atoms with E-state index in [2.05, 4.69) is 15.4 Å². The topological polar surface area (TPSA) is 79.8 Å². The number of nitrogens with zero attached hydrogens (tertiary/aromatic N) is 2. The van der Waals surface area contributed by atoms with E-state index in [1.807, 2.05) is 0 Å². The van der Waals surface area contributed by atoms with E-state index in [4.69, 9.17) is 0 Å². The van der Waals surface area contributed by atoms with Crippen LogP contribution in [-0.2, 0) is 0 Å². The third-order valence-corrected chi connectivity index (χ3v) is 3.29. The van der Waals surface area contributed by atoms with Gasteiger partial charge in [0.05, 0.1) is 17.4 Å². The average molecular weight is 312 g/mol. The van der Waals surface area contributed by atoms with Crippen LogP contribution in [0.2, 0.25) is 0 Å². The highest BCUT2D eigenvalue weighted by Gasteiger charge is 2.12. The summed E-state index contributed by atoms with van der Waals surface area (Å²) in [4.78, 5) is 26.0. The monoisotopic (exact) mass is 312 g/mol. The molecule has 2 heterocycles. The molecule has 116 valence electrons. The fourth-order valence-corrected chi connectivity index (χ4v) is 2.08. The molecule has 0 aliphatic carbocycles. The number of pyridine rings is 1. The molecule has 0 fully saturated rings. The van der Waals surface area contributed by atoms with E-state index in [0.717, 1.165) is 0 Å². The first-order valence-corrected chi connectivity index (χ1v) is 6.85. The number of carbonyl (C=O) groups excluding carboxylic acids is 1. The average Bonchev–Trinajstić information content (AvgIpc) is 3.01. The van der Waals surface area contributed by atoms with Crippen LogP contribution in [0.15, 0.2) is 53.7 Å². The van der Waals surface area contributed by atoms with Crippen molar-refractivity contribution in [1.29, 1.82) is 0 Å². The van der Waals surface area contributed by atoms with Gasteiger partial charge in [-0.3, -0.25) is 9.59 Å². The Bertz CT molecular complexity index is 930. The Labute approximate surface area is 130 Å². The number of halogens is 1. The first-order chi connectivity index (χ1) is 11.0. The molecule has 7 heteroatoms. The molecule has 0 aliphatic rings. The molecule has 1 amide bonds. The number of nitrogens with one attached hydrogen (secondary N) is 2. The number of H-pyrrole nitrogens is 1. The Morgan fingerprint density at radius 3 is 2.87 bits per heavy atom. The van der Waals surface area contributed by atoms with E-state index in [0.29, 0.717) is 11.3 Å². The van der Waals surface area contributed by atoms with Gasteiger partial charge in [0, 0.05) is 18.0 Å². The Kier molecular flexibility index (Phi) is 3.76. The molecule has 23 heavy (non-hydrogen) atoms. The van der Waals surface area contributed by atoms with Crippen LogP contribution >= 0.6 is 0 Å². The zero-order chi connectivity index (χ0) is 16.4. The normalized spacial score (nSPS) is 10.5. The molecule has 2 aromatic heterocycles. The smallest absolute Gasteiger partial charge is 0.258 e. The summed E-state index contributed by atoms with van der Waals surface area (Å²) >= 11 is 0. The van der Waals surface area contributed by atoms with E-state index < -0.39 is 11.7 Å². The number of hydrogen-bond donors (Lipinski definition) is 2. The molecule has 0 saturated heterocycles. The molecule has 1 aromatic carbocycles. The van der Waals surface area contributed by atoms with Crippen molar-refractivity contribution >= 4 is 11.6 Å². The first kappa shape index (κ1) is 14.7. The summed E-state index contributed by atoms with van der Waals surface area (Å²) in [5.41, 5.74) is 1.27. The highest BCUT2D eigenvalue weighted by atomic mass is 19.1. The van der Waals surface area contributed by atoms with Gasteiger partial charge < -0.3 is 10.3 Å². The molecular formula is C16H13FN4O2. The fourth-order valence-electron chi connectivity index (χ4n) is 2.08. The molecule has 3 rings (SSSR count). The predicted molar refractivity (Wildman–Crippen MR) is 83.3 cm³/mol. The van der Waals surface area contributed by atoms with Crippen LogP contribution in [0.25, 0.3) is 5.69 Å². The van der Waals surface area contributed by atoms with Gasteiger partial charge in [-0.15, -0.1) is 0 Å². The minimum Gasteiger partial charge on any atom is -0.327 e. The first-order valence-electron chi connectivity index (χ1n) is 6.85. The summed E-state index contributed by atoms with van der Waals surface area (Å²) in [6, 6.07) is 7.71. The van der Waals surface area contributed by atoms with Crippen molar-refractivity contribution in [3.8, 4) is 5.69 Å². The van der Waals surface area contributed by atoms with Gasteiger partial charge >= 0.3 is 0 Å². The van der Waals surface area contributed by atoms with Crippen molar-refractivity contribution in [1.82, 2.24) is 14.8 Å². The lowest BCUT2D eigenvalue weighted by Gasteiger charge is -2.04. The Morgan fingerprint density at radius 2 is 2.13 bits per heavy atom. The molecule has 6 nitrogen and oxygen atoms in total. The predicted octanol–water partition coefficient (Wildman–Crippen LogP) is 2.26. The lowest BCUT2D eigenvalue weighted by atomic mass is 10.2. The molecular weight excluding hydrogens is 299 g/mol. The Morgan fingerprint density at radius 1 is 1.35 bits per heavy atom.